The molecule has 0 saturated carbocycles. The van der Waals surface area contributed by atoms with Gasteiger partial charge in [-0.15, -0.1) is 0 Å². The molecule has 4 nitrogen and oxygen atoms in total. The SMILES string of the molecule is CCOC(=O)C(=O)c1ccc(OC(C)C)c(Cl)c1. The second kappa shape index (κ2) is 6.40. The van der Waals surface area contributed by atoms with E-state index in [2.05, 4.69) is 4.74 Å². The van der Waals surface area contributed by atoms with Crippen LogP contribution in [0, 0.1) is 0 Å². The topological polar surface area (TPSA) is 52.6 Å². The molecular weight excluding hydrogens is 256 g/mol. The zero-order valence-electron chi connectivity index (χ0n) is 10.5. The van der Waals surface area contributed by atoms with Crippen molar-refractivity contribution < 1.29 is 19.1 Å². The van der Waals surface area contributed by atoms with Crippen molar-refractivity contribution in [3.8, 4) is 5.75 Å². The summed E-state index contributed by atoms with van der Waals surface area (Å²) in [5.74, 6) is -1.12. The van der Waals surface area contributed by atoms with Crippen molar-refractivity contribution in [2.24, 2.45) is 0 Å². The van der Waals surface area contributed by atoms with Crippen LogP contribution in [0.1, 0.15) is 31.1 Å². The van der Waals surface area contributed by atoms with Gasteiger partial charge in [-0.1, -0.05) is 11.6 Å². The molecule has 1 rings (SSSR count). The van der Waals surface area contributed by atoms with Crippen molar-refractivity contribution >= 4 is 23.4 Å². The Morgan fingerprint density at radius 2 is 2.00 bits per heavy atom. The van der Waals surface area contributed by atoms with Gasteiger partial charge in [0.1, 0.15) is 5.75 Å². The van der Waals surface area contributed by atoms with E-state index >= 15 is 0 Å². The number of halogens is 1. The predicted octanol–water partition coefficient (Wildman–Crippen LogP) is 2.87. The monoisotopic (exact) mass is 270 g/mol. The minimum atomic E-state index is -0.883. The van der Waals surface area contributed by atoms with Gasteiger partial charge < -0.3 is 9.47 Å². The lowest BCUT2D eigenvalue weighted by molar-refractivity contribution is -0.137. The average molecular weight is 271 g/mol. The Morgan fingerprint density at radius 3 is 2.50 bits per heavy atom. The number of benzene rings is 1. The largest absolute Gasteiger partial charge is 0.489 e. The Balaban J connectivity index is 2.90. The van der Waals surface area contributed by atoms with E-state index in [1.165, 1.54) is 12.1 Å². The lowest BCUT2D eigenvalue weighted by Gasteiger charge is -2.11. The summed E-state index contributed by atoms with van der Waals surface area (Å²) in [5, 5.41) is 0.291. The van der Waals surface area contributed by atoms with E-state index in [4.69, 9.17) is 16.3 Å². The first kappa shape index (κ1) is 14.5. The third-order valence-electron chi connectivity index (χ3n) is 2.02. The van der Waals surface area contributed by atoms with Crippen LogP contribution < -0.4 is 4.74 Å². The van der Waals surface area contributed by atoms with Gasteiger partial charge in [0.25, 0.3) is 5.78 Å². The van der Waals surface area contributed by atoms with E-state index < -0.39 is 11.8 Å². The molecule has 0 aromatic heterocycles. The smallest absolute Gasteiger partial charge is 0.379 e. The van der Waals surface area contributed by atoms with Crippen LogP contribution in [0.5, 0.6) is 5.75 Å². The van der Waals surface area contributed by atoms with Crippen molar-refractivity contribution in [2.75, 3.05) is 6.61 Å². The van der Waals surface area contributed by atoms with Crippen LogP contribution in [0.2, 0.25) is 5.02 Å². The lowest BCUT2D eigenvalue weighted by Crippen LogP contribution is -2.17. The average Bonchev–Trinajstić information content (AvgIpc) is 2.30. The highest BCUT2D eigenvalue weighted by Gasteiger charge is 2.18. The summed E-state index contributed by atoms with van der Waals surface area (Å²) >= 11 is 5.97. The van der Waals surface area contributed by atoms with Gasteiger partial charge in [0, 0.05) is 5.56 Å². The number of carbonyl (C=O) groups excluding carboxylic acids is 2. The van der Waals surface area contributed by atoms with Crippen molar-refractivity contribution in [3.05, 3.63) is 28.8 Å². The highest BCUT2D eigenvalue weighted by molar-refractivity contribution is 6.41. The van der Waals surface area contributed by atoms with Crippen molar-refractivity contribution in [1.29, 1.82) is 0 Å². The molecule has 0 N–H and O–H groups in total. The molecular formula is C13H15ClO4. The van der Waals surface area contributed by atoms with Gasteiger partial charge >= 0.3 is 5.97 Å². The van der Waals surface area contributed by atoms with Crippen LogP contribution in [0.15, 0.2) is 18.2 Å². The molecule has 5 heteroatoms. The van der Waals surface area contributed by atoms with E-state index in [0.29, 0.717) is 10.8 Å². The number of ketones is 1. The Morgan fingerprint density at radius 1 is 1.33 bits per heavy atom. The molecule has 0 atom stereocenters. The van der Waals surface area contributed by atoms with Crippen LogP contribution >= 0.6 is 11.6 Å². The molecule has 0 fully saturated rings. The molecule has 0 bridgehead atoms. The van der Waals surface area contributed by atoms with E-state index in [-0.39, 0.29) is 18.3 Å². The second-order valence-electron chi connectivity index (χ2n) is 3.86. The highest BCUT2D eigenvalue weighted by atomic mass is 35.5. The molecule has 0 heterocycles. The van der Waals surface area contributed by atoms with Gasteiger partial charge in [0.2, 0.25) is 0 Å². The molecule has 1 aromatic rings. The maximum Gasteiger partial charge on any atom is 0.379 e. The van der Waals surface area contributed by atoms with Gasteiger partial charge in [0.05, 0.1) is 17.7 Å². The quantitative estimate of drug-likeness (QED) is 0.469. The van der Waals surface area contributed by atoms with E-state index in [1.807, 2.05) is 13.8 Å². The molecule has 0 spiro atoms. The summed E-state index contributed by atoms with van der Waals surface area (Å²) in [4.78, 5) is 22.9. The summed E-state index contributed by atoms with van der Waals surface area (Å²) in [6, 6.07) is 4.45. The number of rotatable bonds is 5. The standard InChI is InChI=1S/C13H15ClO4/c1-4-17-13(16)12(15)9-5-6-11(10(14)7-9)18-8(2)3/h5-8H,4H2,1-3H3. The minimum Gasteiger partial charge on any atom is -0.489 e. The number of hydrogen-bond acceptors (Lipinski definition) is 4. The van der Waals surface area contributed by atoms with Crippen LogP contribution in [0.25, 0.3) is 0 Å². The summed E-state index contributed by atoms with van der Waals surface area (Å²) in [7, 11) is 0. The molecule has 1 aromatic carbocycles. The van der Waals surface area contributed by atoms with Crippen molar-refractivity contribution in [1.82, 2.24) is 0 Å². The number of esters is 1. The van der Waals surface area contributed by atoms with Crippen molar-refractivity contribution in [2.45, 2.75) is 26.9 Å². The third kappa shape index (κ3) is 3.74. The van der Waals surface area contributed by atoms with Gasteiger partial charge in [-0.25, -0.2) is 4.79 Å². The van der Waals surface area contributed by atoms with Crippen LogP contribution in [-0.2, 0) is 9.53 Å². The summed E-state index contributed by atoms with van der Waals surface area (Å²) in [5.41, 5.74) is 0.189. The van der Waals surface area contributed by atoms with Gasteiger partial charge in [-0.05, 0) is 39.0 Å². The van der Waals surface area contributed by atoms with Gasteiger partial charge in [-0.2, -0.15) is 0 Å². The number of hydrogen-bond donors (Lipinski definition) is 0. The Labute approximate surface area is 111 Å². The number of Topliss-reactive ketones (excluding diaryl/α,β-unsaturated/α-hetero) is 1. The highest BCUT2D eigenvalue weighted by Crippen LogP contribution is 2.26. The summed E-state index contributed by atoms with van der Waals surface area (Å²) in [6.07, 6.45) is -0.0193. The molecule has 0 unspecified atom stereocenters. The maximum atomic E-state index is 11.6. The molecule has 0 aliphatic heterocycles. The van der Waals surface area contributed by atoms with E-state index in [9.17, 15) is 9.59 Å². The minimum absolute atomic E-state index is 0.0193. The fourth-order valence-electron chi connectivity index (χ4n) is 1.31. The van der Waals surface area contributed by atoms with Crippen molar-refractivity contribution in [3.63, 3.8) is 0 Å². The number of carbonyl (C=O) groups is 2. The first-order chi connectivity index (χ1) is 8.45. The van der Waals surface area contributed by atoms with Crippen LogP contribution in [-0.4, -0.2) is 24.5 Å². The molecule has 0 aliphatic carbocycles. The Hall–Kier alpha value is -1.55. The van der Waals surface area contributed by atoms with Crippen LogP contribution in [0.3, 0.4) is 0 Å². The predicted molar refractivity (Wildman–Crippen MR) is 68.2 cm³/mol. The molecule has 0 saturated heterocycles. The van der Waals surface area contributed by atoms with Gasteiger partial charge in [0.15, 0.2) is 0 Å². The zero-order valence-corrected chi connectivity index (χ0v) is 11.3. The van der Waals surface area contributed by atoms with E-state index in [1.54, 1.807) is 13.0 Å². The summed E-state index contributed by atoms with van der Waals surface area (Å²) < 4.78 is 10.1. The first-order valence-electron chi connectivity index (χ1n) is 5.63. The fraction of sp³-hybridized carbons (Fsp3) is 0.385. The molecule has 18 heavy (non-hydrogen) atoms. The normalized spacial score (nSPS) is 10.3. The van der Waals surface area contributed by atoms with E-state index in [0.717, 1.165) is 0 Å². The maximum absolute atomic E-state index is 11.6. The Bertz CT molecular complexity index is 454. The number of ether oxygens (including phenoxy) is 2. The molecule has 0 aliphatic rings. The molecule has 0 radical (unpaired) electrons. The fourth-order valence-corrected chi connectivity index (χ4v) is 1.53. The lowest BCUT2D eigenvalue weighted by atomic mass is 10.1. The first-order valence-corrected chi connectivity index (χ1v) is 6.01. The third-order valence-corrected chi connectivity index (χ3v) is 2.31. The zero-order chi connectivity index (χ0) is 13.7. The Kier molecular flexibility index (Phi) is 5.16. The second-order valence-corrected chi connectivity index (χ2v) is 4.27. The molecule has 98 valence electrons. The van der Waals surface area contributed by atoms with Gasteiger partial charge in [-0.3, -0.25) is 4.79 Å². The van der Waals surface area contributed by atoms with Crippen LogP contribution in [0.4, 0.5) is 0 Å². The molecule has 0 amide bonds. The summed E-state index contributed by atoms with van der Waals surface area (Å²) in [6.45, 7) is 5.53.